The van der Waals surface area contributed by atoms with E-state index in [4.69, 9.17) is 20.3 Å². The lowest BCUT2D eigenvalue weighted by Gasteiger charge is -2.13. The van der Waals surface area contributed by atoms with Crippen molar-refractivity contribution >= 4 is 15.9 Å². The highest BCUT2D eigenvalue weighted by Gasteiger charge is 2.23. The maximum atomic E-state index is 9.00. The van der Waals surface area contributed by atoms with Crippen molar-refractivity contribution < 1.29 is 14.6 Å². The Kier molecular flexibility index (Phi) is 2.62. The molecule has 0 unspecified atom stereocenters. The molecule has 5 heteroatoms. The second kappa shape index (κ2) is 3.76. The van der Waals surface area contributed by atoms with E-state index >= 15 is 0 Å². The van der Waals surface area contributed by atoms with Crippen LogP contribution in [0.25, 0.3) is 0 Å². The van der Waals surface area contributed by atoms with Crippen LogP contribution in [0.1, 0.15) is 11.6 Å². The summed E-state index contributed by atoms with van der Waals surface area (Å²) in [6, 6.07) is 3.18. The van der Waals surface area contributed by atoms with E-state index in [9.17, 15) is 0 Å². The van der Waals surface area contributed by atoms with Gasteiger partial charge in [0.25, 0.3) is 0 Å². The summed E-state index contributed by atoms with van der Waals surface area (Å²) in [6.45, 7) is 0.0787. The van der Waals surface area contributed by atoms with Gasteiger partial charge in [-0.3, -0.25) is 0 Å². The van der Waals surface area contributed by atoms with Crippen LogP contribution in [-0.2, 0) is 0 Å². The fraction of sp³-hybridized carbons (Fsp3) is 0.333. The quantitative estimate of drug-likeness (QED) is 0.837. The van der Waals surface area contributed by atoms with Crippen molar-refractivity contribution in [2.75, 3.05) is 13.4 Å². The van der Waals surface area contributed by atoms with Gasteiger partial charge in [0.05, 0.1) is 12.6 Å². The monoisotopic (exact) mass is 259 g/mol. The molecule has 0 saturated carbocycles. The first-order valence-electron chi connectivity index (χ1n) is 4.18. The molecule has 1 heterocycles. The zero-order valence-electron chi connectivity index (χ0n) is 7.37. The van der Waals surface area contributed by atoms with Crippen LogP contribution in [0.4, 0.5) is 0 Å². The van der Waals surface area contributed by atoms with E-state index < -0.39 is 6.04 Å². The Hall–Kier alpha value is -0.780. The van der Waals surface area contributed by atoms with E-state index in [1.165, 1.54) is 0 Å². The van der Waals surface area contributed by atoms with Gasteiger partial charge in [0.2, 0.25) is 6.79 Å². The molecule has 76 valence electrons. The molecule has 0 bridgehead atoms. The molecule has 1 aromatic carbocycles. The predicted molar refractivity (Wildman–Crippen MR) is 54.3 cm³/mol. The Balaban J connectivity index is 2.51. The molecule has 4 nitrogen and oxygen atoms in total. The first-order chi connectivity index (χ1) is 6.74. The van der Waals surface area contributed by atoms with E-state index in [1.807, 2.05) is 6.07 Å². The second-order valence-corrected chi connectivity index (χ2v) is 3.84. The van der Waals surface area contributed by atoms with Crippen LogP contribution in [-0.4, -0.2) is 18.5 Å². The minimum absolute atomic E-state index is 0.127. The van der Waals surface area contributed by atoms with Crippen LogP contribution in [0.15, 0.2) is 16.6 Å². The summed E-state index contributed by atoms with van der Waals surface area (Å²) < 4.78 is 11.3. The molecule has 0 aliphatic carbocycles. The maximum Gasteiger partial charge on any atom is 0.231 e. The zero-order valence-corrected chi connectivity index (χ0v) is 8.95. The predicted octanol–water partition coefficient (Wildman–Crippen LogP) is 1.17. The van der Waals surface area contributed by atoms with Gasteiger partial charge in [0, 0.05) is 10.0 Å². The number of hydrogen-bond donors (Lipinski definition) is 2. The van der Waals surface area contributed by atoms with E-state index in [-0.39, 0.29) is 13.4 Å². The van der Waals surface area contributed by atoms with Crippen LogP contribution >= 0.6 is 15.9 Å². The molecule has 0 spiro atoms. The Morgan fingerprint density at radius 3 is 3.00 bits per heavy atom. The lowest BCUT2D eigenvalue weighted by atomic mass is 10.1. The summed E-state index contributed by atoms with van der Waals surface area (Å²) in [5.41, 5.74) is 6.50. The Labute approximate surface area is 89.7 Å². The third-order valence-corrected chi connectivity index (χ3v) is 2.78. The van der Waals surface area contributed by atoms with Gasteiger partial charge >= 0.3 is 0 Å². The lowest BCUT2D eigenvalue weighted by Crippen LogP contribution is -2.15. The number of benzene rings is 1. The average molecular weight is 260 g/mol. The average Bonchev–Trinajstić information content (AvgIpc) is 2.64. The van der Waals surface area contributed by atoms with Crippen molar-refractivity contribution in [2.24, 2.45) is 5.73 Å². The van der Waals surface area contributed by atoms with E-state index in [2.05, 4.69) is 15.9 Å². The van der Waals surface area contributed by atoms with Gasteiger partial charge < -0.3 is 20.3 Å². The molecule has 1 atom stereocenters. The van der Waals surface area contributed by atoms with Crippen molar-refractivity contribution in [2.45, 2.75) is 6.04 Å². The van der Waals surface area contributed by atoms with Gasteiger partial charge in [0.15, 0.2) is 11.5 Å². The number of fused-ring (bicyclic) bond motifs is 1. The third-order valence-electron chi connectivity index (χ3n) is 2.09. The van der Waals surface area contributed by atoms with Gasteiger partial charge in [-0.15, -0.1) is 0 Å². The number of rotatable bonds is 2. The number of nitrogens with two attached hydrogens (primary N) is 1. The van der Waals surface area contributed by atoms with Crippen LogP contribution in [0.5, 0.6) is 11.5 Å². The van der Waals surface area contributed by atoms with Gasteiger partial charge in [0.1, 0.15) is 0 Å². The normalized spacial score (nSPS) is 15.6. The van der Waals surface area contributed by atoms with Gasteiger partial charge in [-0.05, 0) is 12.1 Å². The van der Waals surface area contributed by atoms with Crippen LogP contribution < -0.4 is 15.2 Å². The Bertz CT molecular complexity index is 356. The highest BCUT2D eigenvalue weighted by atomic mass is 79.9. The molecule has 2 rings (SSSR count). The summed E-state index contributed by atoms with van der Waals surface area (Å²) in [5, 5.41) is 9.00. The molecule has 0 aromatic heterocycles. The van der Waals surface area contributed by atoms with Crippen LogP contribution in [0, 0.1) is 0 Å². The number of aliphatic hydroxyl groups is 1. The molecule has 0 radical (unpaired) electrons. The standard InChI is InChI=1S/C9H10BrNO3/c10-5-1-2-7-9(14-4-13-7)8(5)6(11)3-12/h1-2,6,12H,3-4,11H2/t6-/m0/s1. The maximum absolute atomic E-state index is 9.00. The fourth-order valence-electron chi connectivity index (χ4n) is 1.41. The molecule has 1 aromatic rings. The molecule has 3 N–H and O–H groups in total. The van der Waals surface area contributed by atoms with Crippen LogP contribution in [0.2, 0.25) is 0 Å². The summed E-state index contributed by atoms with van der Waals surface area (Å²) >= 11 is 3.36. The summed E-state index contributed by atoms with van der Waals surface area (Å²) in [5.74, 6) is 1.30. The van der Waals surface area contributed by atoms with Crippen LogP contribution in [0.3, 0.4) is 0 Å². The zero-order chi connectivity index (χ0) is 10.1. The molecular formula is C9H10BrNO3. The first kappa shape index (κ1) is 9.76. The minimum atomic E-state index is -0.457. The largest absolute Gasteiger partial charge is 0.454 e. The summed E-state index contributed by atoms with van der Waals surface area (Å²) in [7, 11) is 0. The van der Waals surface area contributed by atoms with Crippen molar-refractivity contribution in [1.29, 1.82) is 0 Å². The highest BCUT2D eigenvalue weighted by Crippen LogP contribution is 2.41. The first-order valence-corrected chi connectivity index (χ1v) is 4.97. The van der Waals surface area contributed by atoms with E-state index in [0.29, 0.717) is 11.5 Å². The minimum Gasteiger partial charge on any atom is -0.454 e. The number of hydrogen-bond acceptors (Lipinski definition) is 4. The van der Waals surface area contributed by atoms with Gasteiger partial charge in [-0.2, -0.15) is 0 Å². The summed E-state index contributed by atoms with van der Waals surface area (Å²) in [6.07, 6.45) is 0. The Morgan fingerprint density at radius 2 is 2.29 bits per heavy atom. The number of aliphatic hydroxyl groups excluding tert-OH is 1. The molecule has 14 heavy (non-hydrogen) atoms. The van der Waals surface area contributed by atoms with Gasteiger partial charge in [-0.1, -0.05) is 15.9 Å². The topological polar surface area (TPSA) is 64.7 Å². The van der Waals surface area contributed by atoms with E-state index in [0.717, 1.165) is 10.0 Å². The van der Waals surface area contributed by atoms with Crippen molar-refractivity contribution in [3.63, 3.8) is 0 Å². The Morgan fingerprint density at radius 1 is 1.50 bits per heavy atom. The molecule has 1 aliphatic rings. The van der Waals surface area contributed by atoms with Crippen molar-refractivity contribution in [3.05, 3.63) is 22.2 Å². The highest BCUT2D eigenvalue weighted by molar-refractivity contribution is 9.10. The lowest BCUT2D eigenvalue weighted by molar-refractivity contribution is 0.172. The molecule has 0 fully saturated rings. The number of halogens is 1. The molecule has 0 saturated heterocycles. The SMILES string of the molecule is N[C@@H](CO)c1c(Br)ccc2c1OCO2. The molecule has 0 amide bonds. The van der Waals surface area contributed by atoms with Gasteiger partial charge in [-0.25, -0.2) is 0 Å². The second-order valence-electron chi connectivity index (χ2n) is 2.98. The summed E-state index contributed by atoms with van der Waals surface area (Å²) in [4.78, 5) is 0. The number of ether oxygens (including phenoxy) is 2. The molecular weight excluding hydrogens is 250 g/mol. The smallest absolute Gasteiger partial charge is 0.231 e. The third kappa shape index (κ3) is 1.47. The van der Waals surface area contributed by atoms with E-state index in [1.54, 1.807) is 6.07 Å². The van der Waals surface area contributed by atoms with Crippen molar-refractivity contribution in [3.8, 4) is 11.5 Å². The molecule has 1 aliphatic heterocycles. The van der Waals surface area contributed by atoms with Crippen molar-refractivity contribution in [1.82, 2.24) is 0 Å². The fourth-order valence-corrected chi connectivity index (χ4v) is 2.01.